The summed E-state index contributed by atoms with van der Waals surface area (Å²) < 4.78 is 23.1. The molecule has 27 heavy (non-hydrogen) atoms. The van der Waals surface area contributed by atoms with Crippen LogP contribution in [0.3, 0.4) is 0 Å². The molecule has 3 rings (SSSR count). The van der Waals surface area contributed by atoms with E-state index in [0.29, 0.717) is 27.9 Å². The van der Waals surface area contributed by atoms with E-state index in [2.05, 4.69) is 11.4 Å². The highest BCUT2D eigenvalue weighted by Gasteiger charge is 2.15. The highest BCUT2D eigenvalue weighted by atomic mass is 32.2. The van der Waals surface area contributed by atoms with Gasteiger partial charge in [-0.15, -0.1) is 0 Å². The lowest BCUT2D eigenvalue weighted by atomic mass is 9.95. The Morgan fingerprint density at radius 3 is 2.11 bits per heavy atom. The average Bonchev–Trinajstić information content (AvgIpc) is 2.67. The molecular formula is C21H16N2O3S. The van der Waals surface area contributed by atoms with E-state index in [0.717, 1.165) is 6.26 Å². The van der Waals surface area contributed by atoms with Crippen LogP contribution in [-0.2, 0) is 9.84 Å². The van der Waals surface area contributed by atoms with Crippen molar-refractivity contribution in [2.45, 2.75) is 4.90 Å². The van der Waals surface area contributed by atoms with Gasteiger partial charge in [-0.05, 0) is 42.0 Å². The summed E-state index contributed by atoms with van der Waals surface area (Å²) in [7, 11) is -3.29. The Labute approximate surface area is 157 Å². The minimum absolute atomic E-state index is 0.184. The van der Waals surface area contributed by atoms with Crippen LogP contribution in [0, 0.1) is 11.3 Å². The van der Waals surface area contributed by atoms with Gasteiger partial charge in [0.25, 0.3) is 5.91 Å². The van der Waals surface area contributed by atoms with E-state index in [-0.39, 0.29) is 10.8 Å². The zero-order chi connectivity index (χ0) is 19.4. The Morgan fingerprint density at radius 2 is 1.48 bits per heavy atom. The average molecular weight is 376 g/mol. The molecule has 6 heteroatoms. The molecule has 3 aromatic rings. The van der Waals surface area contributed by atoms with Crippen LogP contribution in [0.1, 0.15) is 15.9 Å². The van der Waals surface area contributed by atoms with Gasteiger partial charge in [-0.3, -0.25) is 4.79 Å². The van der Waals surface area contributed by atoms with Gasteiger partial charge in [-0.2, -0.15) is 5.26 Å². The van der Waals surface area contributed by atoms with Crippen LogP contribution in [0.4, 0.5) is 5.69 Å². The summed E-state index contributed by atoms with van der Waals surface area (Å²) in [5, 5.41) is 12.1. The fourth-order valence-electron chi connectivity index (χ4n) is 2.72. The number of benzene rings is 3. The van der Waals surface area contributed by atoms with Gasteiger partial charge >= 0.3 is 0 Å². The zero-order valence-corrected chi connectivity index (χ0v) is 15.3. The summed E-state index contributed by atoms with van der Waals surface area (Å²) in [5.41, 5.74) is 2.72. The van der Waals surface area contributed by atoms with Gasteiger partial charge in [0, 0.05) is 23.1 Å². The number of hydrogen-bond acceptors (Lipinski definition) is 4. The number of carbonyl (C=O) groups excluding carboxylic acids is 1. The second-order valence-electron chi connectivity index (χ2n) is 5.95. The highest BCUT2D eigenvalue weighted by molar-refractivity contribution is 7.90. The van der Waals surface area contributed by atoms with E-state index in [1.807, 2.05) is 6.07 Å². The van der Waals surface area contributed by atoms with Crippen molar-refractivity contribution in [3.05, 3.63) is 83.9 Å². The summed E-state index contributed by atoms with van der Waals surface area (Å²) in [6.45, 7) is 0. The quantitative estimate of drug-likeness (QED) is 0.748. The number of sulfone groups is 1. The third kappa shape index (κ3) is 4.05. The molecule has 0 aliphatic rings. The fourth-order valence-corrected chi connectivity index (χ4v) is 3.35. The van der Waals surface area contributed by atoms with Crippen molar-refractivity contribution in [1.29, 1.82) is 5.26 Å². The van der Waals surface area contributed by atoms with Gasteiger partial charge < -0.3 is 5.32 Å². The predicted molar refractivity (Wildman–Crippen MR) is 104 cm³/mol. The lowest BCUT2D eigenvalue weighted by Crippen LogP contribution is -2.13. The van der Waals surface area contributed by atoms with Crippen molar-refractivity contribution in [3.63, 3.8) is 0 Å². The molecule has 0 spiro atoms. The van der Waals surface area contributed by atoms with Crippen molar-refractivity contribution in [2.24, 2.45) is 0 Å². The molecule has 0 heterocycles. The van der Waals surface area contributed by atoms with Crippen LogP contribution in [0.2, 0.25) is 0 Å². The van der Waals surface area contributed by atoms with Gasteiger partial charge in [0.2, 0.25) is 0 Å². The number of anilines is 1. The lowest BCUT2D eigenvalue weighted by Gasteiger charge is -2.12. The first-order valence-corrected chi connectivity index (χ1v) is 9.99. The number of rotatable bonds is 4. The Kier molecular flexibility index (Phi) is 5.06. The summed E-state index contributed by atoms with van der Waals surface area (Å²) in [6.07, 6.45) is 1.13. The van der Waals surface area contributed by atoms with E-state index in [1.54, 1.807) is 54.6 Å². The molecule has 0 aromatic heterocycles. The Balaban J connectivity index is 1.94. The Morgan fingerprint density at radius 1 is 0.889 bits per heavy atom. The van der Waals surface area contributed by atoms with E-state index >= 15 is 0 Å². The number of nitrogens with one attached hydrogen (secondary N) is 1. The van der Waals surface area contributed by atoms with Crippen LogP contribution in [-0.4, -0.2) is 20.6 Å². The van der Waals surface area contributed by atoms with Crippen molar-refractivity contribution >= 4 is 21.4 Å². The summed E-state index contributed by atoms with van der Waals surface area (Å²) in [4.78, 5) is 13.0. The summed E-state index contributed by atoms with van der Waals surface area (Å²) >= 11 is 0. The van der Waals surface area contributed by atoms with Crippen LogP contribution in [0.25, 0.3) is 11.1 Å². The maximum Gasteiger partial charge on any atom is 0.256 e. The molecule has 0 saturated carbocycles. The zero-order valence-electron chi connectivity index (χ0n) is 14.5. The van der Waals surface area contributed by atoms with Gasteiger partial charge in [0.15, 0.2) is 9.84 Å². The first-order valence-electron chi connectivity index (χ1n) is 8.10. The maximum atomic E-state index is 12.8. The van der Waals surface area contributed by atoms with Gasteiger partial charge in [-0.25, -0.2) is 8.42 Å². The van der Waals surface area contributed by atoms with Crippen LogP contribution < -0.4 is 5.32 Å². The normalized spacial score (nSPS) is 10.8. The van der Waals surface area contributed by atoms with E-state index in [1.165, 1.54) is 12.1 Å². The Hall–Kier alpha value is -3.43. The third-order valence-electron chi connectivity index (χ3n) is 4.05. The van der Waals surface area contributed by atoms with Crippen LogP contribution in [0.15, 0.2) is 77.7 Å². The van der Waals surface area contributed by atoms with Gasteiger partial charge in [-0.1, -0.05) is 36.4 Å². The predicted octanol–water partition coefficient (Wildman–Crippen LogP) is 3.88. The SMILES string of the molecule is CS(=O)(=O)c1ccc(NC(=O)c2ccccc2-c2ccccc2C#N)cc1. The molecule has 5 nitrogen and oxygen atoms in total. The van der Waals surface area contributed by atoms with E-state index < -0.39 is 9.84 Å². The third-order valence-corrected chi connectivity index (χ3v) is 5.18. The molecule has 0 unspecified atom stereocenters. The largest absolute Gasteiger partial charge is 0.322 e. The standard InChI is InChI=1S/C21H16N2O3S/c1-27(25,26)17-12-10-16(11-13-17)23-21(24)20-9-5-4-8-19(20)18-7-3-2-6-15(18)14-22/h2-13H,1H3,(H,23,24). The molecule has 3 aromatic carbocycles. The second kappa shape index (κ2) is 7.44. The molecule has 1 amide bonds. The smallest absolute Gasteiger partial charge is 0.256 e. The number of nitrogens with zero attached hydrogens (tertiary/aromatic N) is 1. The minimum atomic E-state index is -3.29. The van der Waals surface area contributed by atoms with E-state index in [9.17, 15) is 18.5 Å². The van der Waals surface area contributed by atoms with Gasteiger partial charge in [0.05, 0.1) is 16.5 Å². The first-order chi connectivity index (χ1) is 12.9. The molecular weight excluding hydrogens is 360 g/mol. The molecule has 134 valence electrons. The second-order valence-corrected chi connectivity index (χ2v) is 7.97. The van der Waals surface area contributed by atoms with E-state index in [4.69, 9.17) is 0 Å². The number of nitriles is 1. The van der Waals surface area contributed by atoms with Crippen molar-refractivity contribution in [2.75, 3.05) is 11.6 Å². The molecule has 0 saturated heterocycles. The topological polar surface area (TPSA) is 87.0 Å². The summed E-state index contributed by atoms with van der Waals surface area (Å²) in [5.74, 6) is -0.342. The van der Waals surface area contributed by atoms with Crippen molar-refractivity contribution in [3.8, 4) is 17.2 Å². The molecule has 0 atom stereocenters. The monoisotopic (exact) mass is 376 g/mol. The molecule has 0 aliphatic heterocycles. The molecule has 0 bridgehead atoms. The first kappa shape index (κ1) is 18.4. The molecule has 0 radical (unpaired) electrons. The lowest BCUT2D eigenvalue weighted by molar-refractivity contribution is 0.102. The number of amides is 1. The molecule has 0 fully saturated rings. The Bertz CT molecular complexity index is 1140. The van der Waals surface area contributed by atoms with Crippen molar-refractivity contribution in [1.82, 2.24) is 0 Å². The van der Waals surface area contributed by atoms with Crippen molar-refractivity contribution < 1.29 is 13.2 Å². The van der Waals surface area contributed by atoms with Crippen LogP contribution >= 0.6 is 0 Å². The minimum Gasteiger partial charge on any atom is -0.322 e. The maximum absolute atomic E-state index is 12.8. The number of carbonyl (C=O) groups is 1. The van der Waals surface area contributed by atoms with Gasteiger partial charge in [0.1, 0.15) is 0 Å². The number of hydrogen-bond donors (Lipinski definition) is 1. The molecule has 0 aliphatic carbocycles. The summed E-state index contributed by atoms with van der Waals surface area (Å²) in [6, 6.07) is 22.2. The highest BCUT2D eigenvalue weighted by Crippen LogP contribution is 2.27. The van der Waals surface area contributed by atoms with Crippen LogP contribution in [0.5, 0.6) is 0 Å². The fraction of sp³-hybridized carbons (Fsp3) is 0.0476. The molecule has 1 N–H and O–H groups in total.